The molecule has 0 bridgehead atoms. The van der Waals surface area contributed by atoms with Crippen LogP contribution >= 0.6 is 0 Å². The minimum Gasteiger partial charge on any atom is -0.335 e. The summed E-state index contributed by atoms with van der Waals surface area (Å²) in [5.74, 6) is 0.106. The number of likely N-dealkylation sites (tertiary alicyclic amines) is 1. The molecule has 14 heavy (non-hydrogen) atoms. The van der Waals surface area contributed by atoms with E-state index in [0.29, 0.717) is 11.7 Å². The Kier molecular flexibility index (Phi) is 2.27. The summed E-state index contributed by atoms with van der Waals surface area (Å²) in [7, 11) is 1.80. The largest absolute Gasteiger partial charge is 0.335 e. The van der Waals surface area contributed by atoms with Crippen LogP contribution in [0.1, 0.15) is 30.3 Å². The number of aromatic nitrogens is 2. The molecule has 1 amide bonds. The van der Waals surface area contributed by atoms with Crippen molar-refractivity contribution in [2.24, 2.45) is 7.05 Å². The molecule has 1 atom stereocenters. The van der Waals surface area contributed by atoms with E-state index in [1.807, 2.05) is 4.90 Å². The number of carbonyl (C=O) groups is 1. The number of carbonyl (C=O) groups excluding carboxylic acids is 1. The van der Waals surface area contributed by atoms with Crippen molar-refractivity contribution in [3.8, 4) is 0 Å². The summed E-state index contributed by atoms with van der Waals surface area (Å²) in [5.41, 5.74) is 0.679. The fraction of sp³-hybridized carbons (Fsp3) is 0.600. The minimum atomic E-state index is 0.106. The number of hydrogen-bond donors (Lipinski definition) is 0. The van der Waals surface area contributed by atoms with Gasteiger partial charge in [0.1, 0.15) is 5.69 Å². The van der Waals surface area contributed by atoms with Crippen LogP contribution in [0.25, 0.3) is 0 Å². The van der Waals surface area contributed by atoms with Gasteiger partial charge >= 0.3 is 0 Å². The molecule has 4 heteroatoms. The normalized spacial score (nSPS) is 21.6. The monoisotopic (exact) mass is 193 g/mol. The van der Waals surface area contributed by atoms with Gasteiger partial charge in [0.05, 0.1) is 0 Å². The molecule has 4 nitrogen and oxygen atoms in total. The van der Waals surface area contributed by atoms with E-state index in [4.69, 9.17) is 0 Å². The molecular formula is C10H15N3O. The van der Waals surface area contributed by atoms with Crippen LogP contribution in [0.2, 0.25) is 0 Å². The molecule has 0 saturated carbocycles. The van der Waals surface area contributed by atoms with E-state index < -0.39 is 0 Å². The van der Waals surface area contributed by atoms with Gasteiger partial charge in [0.15, 0.2) is 0 Å². The van der Waals surface area contributed by atoms with Crippen molar-refractivity contribution in [3.05, 3.63) is 18.0 Å². The van der Waals surface area contributed by atoms with Crippen LogP contribution in [0.3, 0.4) is 0 Å². The summed E-state index contributed by atoms with van der Waals surface area (Å²) < 4.78 is 1.63. The molecule has 0 spiro atoms. The van der Waals surface area contributed by atoms with Gasteiger partial charge in [0, 0.05) is 25.8 Å². The first-order valence-corrected chi connectivity index (χ1v) is 4.99. The van der Waals surface area contributed by atoms with E-state index in [9.17, 15) is 4.79 Å². The number of amides is 1. The maximum absolute atomic E-state index is 12.0. The molecular weight excluding hydrogens is 178 g/mol. The Morgan fingerprint density at radius 2 is 2.43 bits per heavy atom. The average Bonchev–Trinajstić information content (AvgIpc) is 2.73. The Balaban J connectivity index is 2.20. The third-order valence-corrected chi connectivity index (χ3v) is 2.85. The minimum absolute atomic E-state index is 0.106. The van der Waals surface area contributed by atoms with E-state index in [-0.39, 0.29) is 5.91 Å². The van der Waals surface area contributed by atoms with Crippen molar-refractivity contribution in [2.45, 2.75) is 25.8 Å². The number of aryl methyl sites for hydroxylation is 1. The maximum atomic E-state index is 12.0. The Labute approximate surface area is 83.5 Å². The fourth-order valence-electron chi connectivity index (χ4n) is 1.97. The molecule has 1 aliphatic rings. The zero-order valence-corrected chi connectivity index (χ0v) is 8.60. The van der Waals surface area contributed by atoms with Crippen molar-refractivity contribution in [1.82, 2.24) is 14.7 Å². The summed E-state index contributed by atoms with van der Waals surface area (Å²) in [6.07, 6.45) is 3.89. The van der Waals surface area contributed by atoms with E-state index in [1.54, 1.807) is 24.0 Å². The molecule has 0 aliphatic carbocycles. The molecule has 0 radical (unpaired) electrons. The van der Waals surface area contributed by atoms with E-state index in [1.165, 1.54) is 0 Å². The molecule has 76 valence electrons. The van der Waals surface area contributed by atoms with Crippen molar-refractivity contribution in [3.63, 3.8) is 0 Å². The first kappa shape index (κ1) is 9.24. The van der Waals surface area contributed by atoms with Crippen LogP contribution in [0.15, 0.2) is 12.3 Å². The van der Waals surface area contributed by atoms with Crippen LogP contribution in [-0.2, 0) is 7.05 Å². The zero-order chi connectivity index (χ0) is 10.1. The number of hydrogen-bond acceptors (Lipinski definition) is 2. The molecule has 1 aromatic rings. The first-order chi connectivity index (χ1) is 6.70. The lowest BCUT2D eigenvalue weighted by atomic mass is 10.2. The third kappa shape index (κ3) is 1.41. The van der Waals surface area contributed by atoms with Gasteiger partial charge in [-0.3, -0.25) is 9.48 Å². The zero-order valence-electron chi connectivity index (χ0n) is 8.60. The van der Waals surface area contributed by atoms with Gasteiger partial charge in [0.2, 0.25) is 0 Å². The summed E-state index contributed by atoms with van der Waals surface area (Å²) in [4.78, 5) is 13.9. The lowest BCUT2D eigenvalue weighted by molar-refractivity contribution is 0.0736. The van der Waals surface area contributed by atoms with Crippen LogP contribution < -0.4 is 0 Å². The van der Waals surface area contributed by atoms with E-state index >= 15 is 0 Å². The Hall–Kier alpha value is -1.32. The summed E-state index contributed by atoms with van der Waals surface area (Å²) in [5, 5.41) is 4.00. The van der Waals surface area contributed by atoms with Crippen LogP contribution in [0, 0.1) is 0 Å². The molecule has 0 N–H and O–H groups in total. The quantitative estimate of drug-likeness (QED) is 0.668. The summed E-state index contributed by atoms with van der Waals surface area (Å²) in [6, 6.07) is 2.14. The molecule has 0 unspecified atom stereocenters. The highest BCUT2D eigenvalue weighted by Gasteiger charge is 2.27. The van der Waals surface area contributed by atoms with Gasteiger partial charge in [-0.05, 0) is 25.8 Å². The van der Waals surface area contributed by atoms with Gasteiger partial charge < -0.3 is 4.90 Å². The second-order valence-corrected chi connectivity index (χ2v) is 3.83. The van der Waals surface area contributed by atoms with Crippen LogP contribution in [-0.4, -0.2) is 33.2 Å². The maximum Gasteiger partial charge on any atom is 0.272 e. The molecule has 1 aliphatic heterocycles. The van der Waals surface area contributed by atoms with Gasteiger partial charge in [-0.2, -0.15) is 5.10 Å². The van der Waals surface area contributed by atoms with Gasteiger partial charge in [-0.1, -0.05) is 0 Å². The Morgan fingerprint density at radius 1 is 1.64 bits per heavy atom. The highest BCUT2D eigenvalue weighted by atomic mass is 16.2. The lowest BCUT2D eigenvalue weighted by Crippen LogP contribution is -2.34. The van der Waals surface area contributed by atoms with E-state index in [0.717, 1.165) is 19.4 Å². The second kappa shape index (κ2) is 3.44. The van der Waals surface area contributed by atoms with Crippen LogP contribution in [0.4, 0.5) is 0 Å². The molecule has 0 aromatic carbocycles. The summed E-state index contributed by atoms with van der Waals surface area (Å²) in [6.45, 7) is 2.98. The highest BCUT2D eigenvalue weighted by molar-refractivity contribution is 5.92. The number of nitrogens with zero attached hydrogens (tertiary/aromatic N) is 3. The molecule has 2 rings (SSSR count). The smallest absolute Gasteiger partial charge is 0.272 e. The third-order valence-electron chi connectivity index (χ3n) is 2.85. The molecule has 1 saturated heterocycles. The van der Waals surface area contributed by atoms with Gasteiger partial charge in [-0.25, -0.2) is 0 Å². The number of rotatable bonds is 1. The molecule has 1 fully saturated rings. The van der Waals surface area contributed by atoms with Gasteiger partial charge in [-0.15, -0.1) is 0 Å². The second-order valence-electron chi connectivity index (χ2n) is 3.83. The topological polar surface area (TPSA) is 38.1 Å². The van der Waals surface area contributed by atoms with E-state index in [2.05, 4.69) is 12.0 Å². The average molecular weight is 193 g/mol. The highest BCUT2D eigenvalue weighted by Crippen LogP contribution is 2.18. The SMILES string of the molecule is C[C@@H]1CCCN1C(=O)c1ccnn1C. The predicted molar refractivity (Wildman–Crippen MR) is 52.9 cm³/mol. The Bertz CT molecular complexity index is 345. The first-order valence-electron chi connectivity index (χ1n) is 4.99. The molecule has 2 heterocycles. The van der Waals surface area contributed by atoms with Crippen molar-refractivity contribution in [1.29, 1.82) is 0 Å². The van der Waals surface area contributed by atoms with Gasteiger partial charge in [0.25, 0.3) is 5.91 Å². The summed E-state index contributed by atoms with van der Waals surface area (Å²) >= 11 is 0. The Morgan fingerprint density at radius 3 is 2.93 bits per heavy atom. The standard InChI is InChI=1S/C10H15N3O/c1-8-4-3-7-13(8)10(14)9-5-6-11-12(9)2/h5-6,8H,3-4,7H2,1-2H3/t8-/m1/s1. The van der Waals surface area contributed by atoms with Crippen LogP contribution in [0.5, 0.6) is 0 Å². The lowest BCUT2D eigenvalue weighted by Gasteiger charge is -2.21. The fourth-order valence-corrected chi connectivity index (χ4v) is 1.97. The van der Waals surface area contributed by atoms with Crippen molar-refractivity contribution < 1.29 is 4.79 Å². The van der Waals surface area contributed by atoms with Crippen molar-refractivity contribution >= 4 is 5.91 Å². The van der Waals surface area contributed by atoms with Crippen molar-refractivity contribution in [2.75, 3.05) is 6.54 Å². The predicted octanol–water partition coefficient (Wildman–Crippen LogP) is 1.04. The molecule has 1 aromatic heterocycles.